The van der Waals surface area contributed by atoms with Gasteiger partial charge in [-0.05, 0) is 31.0 Å². The third kappa shape index (κ3) is 4.49. The maximum Gasteiger partial charge on any atom is 0.133 e. The third-order valence-corrected chi connectivity index (χ3v) is 4.85. The average Bonchev–Trinajstić information content (AvgIpc) is 2.59. The maximum absolute atomic E-state index is 6.12. The Morgan fingerprint density at radius 2 is 1.65 bits per heavy atom. The van der Waals surface area contributed by atoms with E-state index >= 15 is 0 Å². The van der Waals surface area contributed by atoms with E-state index in [1.807, 2.05) is 30.3 Å². The summed E-state index contributed by atoms with van der Waals surface area (Å²) in [5, 5.41) is 4.52. The zero-order chi connectivity index (χ0) is 16.1. The van der Waals surface area contributed by atoms with E-state index in [4.69, 9.17) is 28.2 Å². The second-order valence-corrected chi connectivity index (χ2v) is 6.70. The van der Waals surface area contributed by atoms with Crippen LogP contribution < -0.4 is 5.32 Å². The molecule has 2 aromatic carbocycles. The van der Waals surface area contributed by atoms with E-state index in [0.717, 1.165) is 17.1 Å². The first kappa shape index (κ1) is 16.4. The van der Waals surface area contributed by atoms with Crippen molar-refractivity contribution in [2.75, 3.05) is 5.32 Å². The summed E-state index contributed by atoms with van der Waals surface area (Å²) >= 11 is 12.1. The molecule has 0 radical (unpaired) electrons. The maximum atomic E-state index is 6.12. The average molecular weight is 347 g/mol. The molecule has 0 aromatic heterocycles. The fraction of sp³-hybridized carbons (Fsp3) is 0.316. The van der Waals surface area contributed by atoms with Crippen molar-refractivity contribution in [3.63, 3.8) is 0 Å². The fourth-order valence-electron chi connectivity index (χ4n) is 2.88. The summed E-state index contributed by atoms with van der Waals surface area (Å²) in [4.78, 5) is 4.98. The lowest BCUT2D eigenvalue weighted by molar-refractivity contribution is 0.443. The Balaban J connectivity index is 1.88. The van der Waals surface area contributed by atoms with Gasteiger partial charge in [0.1, 0.15) is 5.84 Å². The molecule has 3 rings (SSSR count). The molecule has 2 aromatic rings. The van der Waals surface area contributed by atoms with E-state index in [-0.39, 0.29) is 0 Å². The number of nitrogens with one attached hydrogen (secondary N) is 1. The number of aliphatic imine (C=N–C) groups is 1. The number of anilines is 1. The van der Waals surface area contributed by atoms with Gasteiger partial charge in [0.25, 0.3) is 0 Å². The van der Waals surface area contributed by atoms with Gasteiger partial charge in [0.15, 0.2) is 0 Å². The van der Waals surface area contributed by atoms with Gasteiger partial charge < -0.3 is 5.32 Å². The lowest BCUT2D eigenvalue weighted by Crippen LogP contribution is -2.19. The second-order valence-electron chi connectivity index (χ2n) is 5.89. The highest BCUT2D eigenvalue weighted by Gasteiger charge is 2.14. The molecule has 0 bridgehead atoms. The number of hydrogen-bond donors (Lipinski definition) is 1. The predicted octanol–water partition coefficient (Wildman–Crippen LogP) is 6.18. The fourth-order valence-corrected chi connectivity index (χ4v) is 3.18. The van der Waals surface area contributed by atoms with Crippen LogP contribution in [0.3, 0.4) is 0 Å². The topological polar surface area (TPSA) is 24.4 Å². The predicted molar refractivity (Wildman–Crippen MR) is 99.9 cm³/mol. The van der Waals surface area contributed by atoms with Crippen LogP contribution in [0.2, 0.25) is 10.0 Å². The van der Waals surface area contributed by atoms with Gasteiger partial charge in [0.05, 0.1) is 16.1 Å². The van der Waals surface area contributed by atoms with Crippen LogP contribution in [-0.2, 0) is 0 Å². The first-order valence-electron chi connectivity index (χ1n) is 8.07. The second kappa shape index (κ2) is 7.85. The number of hydrogen-bond acceptors (Lipinski definition) is 1. The van der Waals surface area contributed by atoms with Gasteiger partial charge in [0.2, 0.25) is 0 Å². The van der Waals surface area contributed by atoms with Crippen LogP contribution in [0.5, 0.6) is 0 Å². The third-order valence-electron chi connectivity index (χ3n) is 4.12. The molecule has 0 unspecified atom stereocenters. The molecule has 0 saturated heterocycles. The Kier molecular flexibility index (Phi) is 5.58. The molecule has 23 heavy (non-hydrogen) atoms. The van der Waals surface area contributed by atoms with Gasteiger partial charge in [-0.1, -0.05) is 72.8 Å². The van der Waals surface area contributed by atoms with Crippen molar-refractivity contribution >= 4 is 34.7 Å². The summed E-state index contributed by atoms with van der Waals surface area (Å²) in [5.74, 6) is 0.899. The van der Waals surface area contributed by atoms with Gasteiger partial charge in [-0.2, -0.15) is 0 Å². The van der Waals surface area contributed by atoms with Crippen molar-refractivity contribution < 1.29 is 0 Å². The van der Waals surface area contributed by atoms with E-state index < -0.39 is 0 Å². The molecule has 1 saturated carbocycles. The number of rotatable bonds is 3. The van der Waals surface area contributed by atoms with Crippen LogP contribution in [0.4, 0.5) is 5.69 Å². The first-order chi connectivity index (χ1) is 11.2. The molecule has 0 atom stereocenters. The number of nitrogens with zero attached hydrogens (tertiary/aromatic N) is 1. The minimum absolute atomic E-state index is 0.397. The molecule has 4 heteroatoms. The number of benzene rings is 2. The Hall–Kier alpha value is -1.51. The summed E-state index contributed by atoms with van der Waals surface area (Å²) in [6, 6.07) is 16.2. The summed E-state index contributed by atoms with van der Waals surface area (Å²) in [5.41, 5.74) is 1.99. The zero-order valence-electron chi connectivity index (χ0n) is 12.9. The molecular weight excluding hydrogens is 327 g/mol. The Labute approximate surface area is 147 Å². The largest absolute Gasteiger partial charge is 0.340 e. The molecule has 1 N–H and O–H groups in total. The van der Waals surface area contributed by atoms with Crippen LogP contribution in [0.15, 0.2) is 53.5 Å². The van der Waals surface area contributed by atoms with Crippen LogP contribution in [0, 0.1) is 0 Å². The SMILES string of the molecule is Clc1ccc(NC(=NC2CCCCC2)c2ccccc2)cc1Cl. The minimum atomic E-state index is 0.397. The van der Waals surface area contributed by atoms with Crippen molar-refractivity contribution in [3.8, 4) is 0 Å². The quantitative estimate of drug-likeness (QED) is 0.520. The van der Waals surface area contributed by atoms with Gasteiger partial charge in [0, 0.05) is 11.3 Å². The highest BCUT2D eigenvalue weighted by atomic mass is 35.5. The lowest BCUT2D eigenvalue weighted by atomic mass is 9.96. The van der Waals surface area contributed by atoms with E-state index in [2.05, 4.69) is 17.4 Å². The summed E-state index contributed by atoms with van der Waals surface area (Å²) in [6.45, 7) is 0. The van der Waals surface area contributed by atoms with Crippen LogP contribution >= 0.6 is 23.2 Å². The highest BCUT2D eigenvalue weighted by molar-refractivity contribution is 6.42. The highest BCUT2D eigenvalue weighted by Crippen LogP contribution is 2.26. The number of halogens is 2. The van der Waals surface area contributed by atoms with E-state index in [0.29, 0.717) is 16.1 Å². The molecule has 1 fully saturated rings. The Morgan fingerprint density at radius 3 is 2.35 bits per heavy atom. The van der Waals surface area contributed by atoms with Crippen LogP contribution in [0.1, 0.15) is 37.7 Å². The molecule has 1 aliphatic rings. The summed E-state index contributed by atoms with van der Waals surface area (Å²) < 4.78 is 0. The van der Waals surface area contributed by atoms with Gasteiger partial charge in [-0.3, -0.25) is 4.99 Å². The molecule has 120 valence electrons. The molecule has 0 aliphatic heterocycles. The van der Waals surface area contributed by atoms with Gasteiger partial charge >= 0.3 is 0 Å². The monoisotopic (exact) mass is 346 g/mol. The zero-order valence-corrected chi connectivity index (χ0v) is 14.4. The van der Waals surface area contributed by atoms with E-state index in [1.165, 1.54) is 32.1 Å². The molecule has 0 amide bonds. The molecule has 0 heterocycles. The van der Waals surface area contributed by atoms with Gasteiger partial charge in [-0.15, -0.1) is 0 Å². The van der Waals surface area contributed by atoms with Crippen LogP contribution in [-0.4, -0.2) is 11.9 Å². The summed E-state index contributed by atoms with van der Waals surface area (Å²) in [7, 11) is 0. The molecule has 0 spiro atoms. The molecule has 2 nitrogen and oxygen atoms in total. The van der Waals surface area contributed by atoms with Crippen molar-refractivity contribution in [1.82, 2.24) is 0 Å². The van der Waals surface area contributed by atoms with Crippen molar-refractivity contribution in [2.24, 2.45) is 4.99 Å². The molecule has 1 aliphatic carbocycles. The Morgan fingerprint density at radius 1 is 0.913 bits per heavy atom. The standard InChI is InChI=1S/C19H20Cl2N2/c20-17-12-11-16(13-18(17)21)23-19(14-7-3-1-4-8-14)22-15-9-5-2-6-10-15/h1,3-4,7-8,11-13,15H,2,5-6,9-10H2,(H,22,23). The smallest absolute Gasteiger partial charge is 0.133 e. The lowest BCUT2D eigenvalue weighted by Gasteiger charge is -2.20. The Bertz CT molecular complexity index is 677. The van der Waals surface area contributed by atoms with E-state index in [9.17, 15) is 0 Å². The van der Waals surface area contributed by atoms with E-state index in [1.54, 1.807) is 6.07 Å². The van der Waals surface area contributed by atoms with Crippen molar-refractivity contribution in [1.29, 1.82) is 0 Å². The van der Waals surface area contributed by atoms with Gasteiger partial charge in [-0.25, -0.2) is 0 Å². The minimum Gasteiger partial charge on any atom is -0.340 e. The normalized spacial score (nSPS) is 16.3. The summed E-state index contributed by atoms with van der Waals surface area (Å²) in [6.07, 6.45) is 6.19. The number of amidine groups is 1. The van der Waals surface area contributed by atoms with Crippen molar-refractivity contribution in [2.45, 2.75) is 38.1 Å². The van der Waals surface area contributed by atoms with Crippen LogP contribution in [0.25, 0.3) is 0 Å². The first-order valence-corrected chi connectivity index (χ1v) is 8.83. The van der Waals surface area contributed by atoms with Crippen molar-refractivity contribution in [3.05, 3.63) is 64.1 Å². The molecular formula is C19H20Cl2N2.